The van der Waals surface area contributed by atoms with Gasteiger partial charge in [0.2, 0.25) is 0 Å². The number of nitrogens with zero attached hydrogens (tertiary/aromatic N) is 2. The van der Waals surface area contributed by atoms with Crippen LogP contribution in [0.4, 0.5) is 0 Å². The minimum atomic E-state index is -0.940. The Morgan fingerprint density at radius 1 is 1.60 bits per heavy atom. The Bertz CT molecular complexity index is 329. The third kappa shape index (κ3) is 2.30. The first-order valence-electron chi connectivity index (χ1n) is 4.77. The Morgan fingerprint density at radius 3 is 2.80 bits per heavy atom. The van der Waals surface area contributed by atoms with Gasteiger partial charge >= 0.3 is 5.97 Å². The lowest BCUT2D eigenvalue weighted by Crippen LogP contribution is -2.46. The van der Waals surface area contributed by atoms with E-state index in [1.165, 1.54) is 0 Å². The Hall–Kier alpha value is -1.49. The van der Waals surface area contributed by atoms with Crippen LogP contribution in [0.25, 0.3) is 0 Å². The summed E-state index contributed by atoms with van der Waals surface area (Å²) in [6, 6.07) is 0. The molecular weight excluding hydrogens is 194 g/mol. The highest BCUT2D eigenvalue weighted by Gasteiger charge is 2.36. The van der Waals surface area contributed by atoms with Crippen molar-refractivity contribution in [2.45, 2.75) is 19.4 Å². The number of rotatable bonds is 4. The van der Waals surface area contributed by atoms with E-state index >= 15 is 0 Å². The van der Waals surface area contributed by atoms with Gasteiger partial charge in [0.1, 0.15) is 0 Å². The maximum Gasteiger partial charge on any atom is 0.332 e. The van der Waals surface area contributed by atoms with Crippen molar-refractivity contribution in [3.63, 3.8) is 0 Å². The third-order valence-corrected chi connectivity index (χ3v) is 2.26. The van der Waals surface area contributed by atoms with Crippen LogP contribution in [0, 0.1) is 0 Å². The molecule has 1 aromatic rings. The molecule has 0 aliphatic carbocycles. The van der Waals surface area contributed by atoms with E-state index in [-0.39, 0.29) is 5.97 Å². The molecule has 1 rings (SSSR count). The van der Waals surface area contributed by atoms with Crippen molar-refractivity contribution in [1.29, 1.82) is 0 Å². The molecule has 0 saturated carbocycles. The Balaban J connectivity index is 3.00. The number of likely N-dealkylation sites (N-methyl/N-ethyl adjacent to an activating group) is 1. The molecule has 1 unspecified atom stereocenters. The molecule has 0 amide bonds. The lowest BCUT2D eigenvalue weighted by molar-refractivity contribution is -0.150. The van der Waals surface area contributed by atoms with Gasteiger partial charge < -0.3 is 10.1 Å². The smallest absolute Gasteiger partial charge is 0.332 e. The van der Waals surface area contributed by atoms with Crippen molar-refractivity contribution < 1.29 is 9.53 Å². The van der Waals surface area contributed by atoms with Gasteiger partial charge in [0, 0.05) is 12.4 Å². The number of nitrogens with one attached hydrogen (secondary N) is 1. The fourth-order valence-corrected chi connectivity index (χ4v) is 1.17. The molecule has 0 aromatic carbocycles. The number of carbonyl (C=O) groups is 1. The predicted octanol–water partition coefficient (Wildman–Crippen LogP) is 0.474. The number of hydrogen-bond acceptors (Lipinski definition) is 5. The standard InChI is InChI=1S/C10H15N3O2/c1-4-15-9(14)10(2,11-3)8-7-12-5-6-13-8/h5-7,11H,4H2,1-3H3. The van der Waals surface area contributed by atoms with Gasteiger partial charge in [0.15, 0.2) is 5.54 Å². The molecule has 1 aromatic heterocycles. The van der Waals surface area contributed by atoms with E-state index in [1.54, 1.807) is 39.5 Å². The Kier molecular flexibility index (Phi) is 3.74. The fraction of sp³-hybridized carbons (Fsp3) is 0.500. The molecule has 1 atom stereocenters. The number of hydrogen-bond donors (Lipinski definition) is 1. The first-order valence-corrected chi connectivity index (χ1v) is 4.77. The molecule has 5 heteroatoms. The minimum absolute atomic E-state index is 0.344. The number of carbonyl (C=O) groups excluding carboxylic acids is 1. The summed E-state index contributed by atoms with van der Waals surface area (Å²) in [6.07, 6.45) is 4.66. The summed E-state index contributed by atoms with van der Waals surface area (Å²) < 4.78 is 4.98. The largest absolute Gasteiger partial charge is 0.464 e. The van der Waals surface area contributed by atoms with E-state index in [1.807, 2.05) is 0 Å². The van der Waals surface area contributed by atoms with Crippen molar-refractivity contribution in [1.82, 2.24) is 15.3 Å². The van der Waals surface area contributed by atoms with Gasteiger partial charge in [-0.25, -0.2) is 4.79 Å². The van der Waals surface area contributed by atoms with Gasteiger partial charge in [-0.3, -0.25) is 9.97 Å². The van der Waals surface area contributed by atoms with Gasteiger partial charge in [-0.1, -0.05) is 0 Å². The van der Waals surface area contributed by atoms with Gasteiger partial charge in [0.25, 0.3) is 0 Å². The molecule has 0 fully saturated rings. The monoisotopic (exact) mass is 209 g/mol. The molecule has 5 nitrogen and oxygen atoms in total. The molecular formula is C10H15N3O2. The maximum absolute atomic E-state index is 11.7. The van der Waals surface area contributed by atoms with E-state index in [4.69, 9.17) is 4.74 Å². The lowest BCUT2D eigenvalue weighted by Gasteiger charge is -2.25. The van der Waals surface area contributed by atoms with Crippen molar-refractivity contribution in [3.05, 3.63) is 24.3 Å². The molecule has 0 spiro atoms. The Morgan fingerprint density at radius 2 is 2.33 bits per heavy atom. The lowest BCUT2D eigenvalue weighted by atomic mass is 9.99. The first-order chi connectivity index (χ1) is 7.15. The highest BCUT2D eigenvalue weighted by Crippen LogP contribution is 2.18. The second-order valence-corrected chi connectivity index (χ2v) is 3.19. The highest BCUT2D eigenvalue weighted by atomic mass is 16.5. The van der Waals surface area contributed by atoms with E-state index in [0.717, 1.165) is 0 Å². The average molecular weight is 209 g/mol. The average Bonchev–Trinajstić information content (AvgIpc) is 2.29. The summed E-state index contributed by atoms with van der Waals surface area (Å²) in [6.45, 7) is 3.83. The quantitative estimate of drug-likeness (QED) is 0.730. The maximum atomic E-state index is 11.7. The van der Waals surface area contributed by atoms with Crippen molar-refractivity contribution in [2.24, 2.45) is 0 Å². The Labute approximate surface area is 88.9 Å². The van der Waals surface area contributed by atoms with Crippen LogP contribution < -0.4 is 5.32 Å². The first kappa shape index (κ1) is 11.6. The molecule has 0 bridgehead atoms. The summed E-state index contributed by atoms with van der Waals surface area (Å²) in [4.78, 5) is 19.8. The van der Waals surface area contributed by atoms with E-state index in [9.17, 15) is 4.79 Å². The molecule has 0 radical (unpaired) electrons. The van der Waals surface area contributed by atoms with Gasteiger partial charge in [-0.2, -0.15) is 0 Å². The molecule has 0 aliphatic heterocycles. The summed E-state index contributed by atoms with van der Waals surface area (Å²) >= 11 is 0. The molecule has 82 valence electrons. The topological polar surface area (TPSA) is 64.1 Å². The summed E-state index contributed by atoms with van der Waals surface area (Å²) in [5, 5.41) is 2.90. The molecule has 0 aliphatic rings. The van der Waals surface area contributed by atoms with E-state index < -0.39 is 5.54 Å². The van der Waals surface area contributed by atoms with E-state index in [2.05, 4.69) is 15.3 Å². The van der Waals surface area contributed by atoms with Crippen molar-refractivity contribution in [2.75, 3.05) is 13.7 Å². The van der Waals surface area contributed by atoms with Crippen molar-refractivity contribution in [3.8, 4) is 0 Å². The van der Waals surface area contributed by atoms with Gasteiger partial charge in [-0.15, -0.1) is 0 Å². The summed E-state index contributed by atoms with van der Waals surface area (Å²) in [7, 11) is 1.69. The van der Waals surface area contributed by atoms with Crippen LogP contribution >= 0.6 is 0 Å². The fourth-order valence-electron chi connectivity index (χ4n) is 1.17. The predicted molar refractivity (Wildman–Crippen MR) is 55.1 cm³/mol. The zero-order valence-electron chi connectivity index (χ0n) is 9.15. The van der Waals surface area contributed by atoms with Gasteiger partial charge in [-0.05, 0) is 20.9 Å². The zero-order chi connectivity index (χ0) is 11.3. The van der Waals surface area contributed by atoms with Crippen LogP contribution in [0.3, 0.4) is 0 Å². The molecule has 0 saturated heterocycles. The van der Waals surface area contributed by atoms with Gasteiger partial charge in [0.05, 0.1) is 18.5 Å². The van der Waals surface area contributed by atoms with Crippen LogP contribution in [0.5, 0.6) is 0 Å². The third-order valence-electron chi connectivity index (χ3n) is 2.26. The minimum Gasteiger partial charge on any atom is -0.464 e. The number of esters is 1. The number of aromatic nitrogens is 2. The second-order valence-electron chi connectivity index (χ2n) is 3.19. The zero-order valence-corrected chi connectivity index (χ0v) is 9.15. The summed E-state index contributed by atoms with van der Waals surface area (Å²) in [5.74, 6) is -0.354. The van der Waals surface area contributed by atoms with Crippen LogP contribution in [-0.2, 0) is 15.1 Å². The normalized spacial score (nSPS) is 14.3. The molecule has 1 N–H and O–H groups in total. The second kappa shape index (κ2) is 4.84. The molecule has 1 heterocycles. The van der Waals surface area contributed by atoms with Crippen LogP contribution in [0.15, 0.2) is 18.6 Å². The number of ether oxygens (including phenoxy) is 1. The highest BCUT2D eigenvalue weighted by molar-refractivity contribution is 5.81. The summed E-state index contributed by atoms with van der Waals surface area (Å²) in [5.41, 5.74) is -0.393. The van der Waals surface area contributed by atoms with Crippen molar-refractivity contribution >= 4 is 5.97 Å². The SMILES string of the molecule is CCOC(=O)C(C)(NC)c1cnccn1. The van der Waals surface area contributed by atoms with Crippen LogP contribution in [-0.4, -0.2) is 29.6 Å². The van der Waals surface area contributed by atoms with Crippen LogP contribution in [0.1, 0.15) is 19.5 Å². The van der Waals surface area contributed by atoms with Crippen LogP contribution in [0.2, 0.25) is 0 Å². The molecule has 15 heavy (non-hydrogen) atoms. The van der Waals surface area contributed by atoms with E-state index in [0.29, 0.717) is 12.3 Å².